The molecule has 0 fully saturated rings. The van der Waals surface area contributed by atoms with Crippen LogP contribution < -0.4 is 14.8 Å². The molecule has 0 radical (unpaired) electrons. The van der Waals surface area contributed by atoms with Crippen molar-refractivity contribution in [2.24, 2.45) is 0 Å². The predicted molar refractivity (Wildman–Crippen MR) is 119 cm³/mol. The minimum Gasteiger partial charge on any atom is -0.508 e. The normalized spacial score (nSPS) is 11.5. The number of methoxy groups -OCH3 is 2. The van der Waals surface area contributed by atoms with E-state index in [1.54, 1.807) is 13.2 Å². The smallest absolute Gasteiger partial charge is 0.418 e. The van der Waals surface area contributed by atoms with Crippen LogP contribution in [0.2, 0.25) is 0 Å². The fourth-order valence-electron chi connectivity index (χ4n) is 3.29. The zero-order valence-electron chi connectivity index (χ0n) is 17.2. The molecule has 166 valence electrons. The van der Waals surface area contributed by atoms with Crippen molar-refractivity contribution in [1.82, 2.24) is 4.98 Å². The molecular formula is C23H19F3N2O3S. The molecule has 4 rings (SSSR count). The van der Waals surface area contributed by atoms with Crippen molar-refractivity contribution < 1.29 is 27.8 Å². The summed E-state index contributed by atoms with van der Waals surface area (Å²) in [6.45, 7) is 0.106. The van der Waals surface area contributed by atoms with E-state index in [1.165, 1.54) is 30.6 Å². The molecule has 0 saturated heterocycles. The summed E-state index contributed by atoms with van der Waals surface area (Å²) in [6.07, 6.45) is -4.59. The number of phenolic OH excluding ortho intramolecular Hbond substituents is 1. The molecule has 0 aliphatic rings. The number of nitrogens with one attached hydrogen (secondary N) is 1. The molecule has 3 aromatic carbocycles. The maximum atomic E-state index is 13.3. The molecule has 2 N–H and O–H groups in total. The Bertz CT molecular complexity index is 1270. The number of ether oxygens (including phenoxy) is 2. The minimum atomic E-state index is -4.59. The quantitative estimate of drug-likeness (QED) is 0.330. The van der Waals surface area contributed by atoms with Gasteiger partial charge >= 0.3 is 6.18 Å². The molecule has 0 saturated carbocycles. The van der Waals surface area contributed by atoms with Crippen LogP contribution in [0.25, 0.3) is 20.8 Å². The Labute approximate surface area is 186 Å². The van der Waals surface area contributed by atoms with E-state index in [0.717, 1.165) is 26.5 Å². The van der Waals surface area contributed by atoms with Gasteiger partial charge in [0.15, 0.2) is 0 Å². The first-order valence-electron chi connectivity index (χ1n) is 9.54. The number of aromatic nitrogens is 1. The molecule has 0 aliphatic heterocycles. The molecule has 5 nitrogen and oxygen atoms in total. The summed E-state index contributed by atoms with van der Waals surface area (Å²) < 4.78 is 51.6. The second kappa shape index (κ2) is 8.58. The van der Waals surface area contributed by atoms with Crippen molar-refractivity contribution in [3.8, 4) is 27.8 Å². The molecular weight excluding hydrogens is 441 g/mol. The molecule has 9 heteroatoms. The van der Waals surface area contributed by atoms with Gasteiger partial charge in [0.25, 0.3) is 0 Å². The number of benzene rings is 3. The second-order valence-electron chi connectivity index (χ2n) is 6.96. The minimum absolute atomic E-state index is 0.106. The molecule has 32 heavy (non-hydrogen) atoms. The van der Waals surface area contributed by atoms with Gasteiger partial charge in [0.2, 0.25) is 0 Å². The lowest BCUT2D eigenvalue weighted by atomic mass is 10.1. The van der Waals surface area contributed by atoms with Crippen molar-refractivity contribution in [2.45, 2.75) is 12.7 Å². The van der Waals surface area contributed by atoms with Gasteiger partial charge in [-0.25, -0.2) is 4.98 Å². The van der Waals surface area contributed by atoms with E-state index in [-0.39, 0.29) is 12.2 Å². The maximum Gasteiger partial charge on any atom is 0.418 e. The standard InChI is InChI=1S/C23H19F3N2O3S/c1-30-16-6-8-19-21(11-16)32-22(28-19)13-3-4-14(20(9-13)31-2)12-27-18-7-5-15(29)10-17(18)23(24,25)26/h3-11,27,29H,12H2,1-2H3. The van der Waals surface area contributed by atoms with Crippen molar-refractivity contribution in [2.75, 3.05) is 19.5 Å². The molecule has 0 bridgehead atoms. The monoisotopic (exact) mass is 460 g/mol. The highest BCUT2D eigenvalue weighted by Gasteiger charge is 2.34. The number of phenols is 1. The van der Waals surface area contributed by atoms with Crippen molar-refractivity contribution in [3.63, 3.8) is 0 Å². The van der Waals surface area contributed by atoms with Crippen LogP contribution in [0.4, 0.5) is 18.9 Å². The molecule has 0 aliphatic carbocycles. The summed E-state index contributed by atoms with van der Waals surface area (Å²) in [7, 11) is 3.12. The van der Waals surface area contributed by atoms with Gasteiger partial charge in [-0.05, 0) is 42.5 Å². The number of aromatic hydroxyl groups is 1. The third-order valence-electron chi connectivity index (χ3n) is 4.91. The lowest BCUT2D eigenvalue weighted by molar-refractivity contribution is -0.137. The SMILES string of the molecule is COc1ccc2nc(-c3ccc(CNc4ccc(O)cc4C(F)(F)F)c(OC)c3)sc2c1. The van der Waals surface area contributed by atoms with E-state index in [4.69, 9.17) is 9.47 Å². The fraction of sp³-hybridized carbons (Fsp3) is 0.174. The van der Waals surface area contributed by atoms with Gasteiger partial charge in [0.1, 0.15) is 22.3 Å². The lowest BCUT2D eigenvalue weighted by Crippen LogP contribution is -2.11. The number of hydrogen-bond donors (Lipinski definition) is 2. The Balaban J connectivity index is 1.60. The number of rotatable bonds is 6. The van der Waals surface area contributed by atoms with Gasteiger partial charge in [-0.1, -0.05) is 12.1 Å². The van der Waals surface area contributed by atoms with E-state index in [0.29, 0.717) is 17.4 Å². The van der Waals surface area contributed by atoms with Crippen LogP contribution in [-0.4, -0.2) is 24.3 Å². The molecule has 0 amide bonds. The molecule has 1 aromatic heterocycles. The van der Waals surface area contributed by atoms with Gasteiger partial charge in [-0.2, -0.15) is 13.2 Å². The average Bonchev–Trinajstić information content (AvgIpc) is 3.20. The van der Waals surface area contributed by atoms with E-state index in [1.807, 2.05) is 30.3 Å². The summed E-state index contributed by atoms with van der Waals surface area (Å²) in [5, 5.41) is 13.0. The van der Waals surface area contributed by atoms with Crippen molar-refractivity contribution in [1.29, 1.82) is 0 Å². The highest BCUT2D eigenvalue weighted by atomic mass is 32.1. The van der Waals surface area contributed by atoms with E-state index in [2.05, 4.69) is 10.3 Å². The number of hydrogen-bond acceptors (Lipinski definition) is 6. The number of halogens is 3. The Morgan fingerprint density at radius 2 is 1.81 bits per heavy atom. The number of fused-ring (bicyclic) bond motifs is 1. The van der Waals surface area contributed by atoms with E-state index < -0.39 is 17.5 Å². The number of thiazole rings is 1. The Morgan fingerprint density at radius 1 is 1.00 bits per heavy atom. The molecule has 4 aromatic rings. The Hall–Kier alpha value is -3.46. The van der Waals surface area contributed by atoms with Gasteiger partial charge in [-0.3, -0.25) is 0 Å². The fourth-order valence-corrected chi connectivity index (χ4v) is 4.28. The molecule has 0 spiro atoms. The van der Waals surface area contributed by atoms with Gasteiger partial charge < -0.3 is 19.9 Å². The van der Waals surface area contributed by atoms with Crippen LogP contribution in [0.3, 0.4) is 0 Å². The van der Waals surface area contributed by atoms with Crippen LogP contribution >= 0.6 is 11.3 Å². The third-order valence-corrected chi connectivity index (χ3v) is 5.97. The van der Waals surface area contributed by atoms with Crippen LogP contribution in [0.1, 0.15) is 11.1 Å². The third kappa shape index (κ3) is 4.43. The number of nitrogens with zero attached hydrogens (tertiary/aromatic N) is 1. The molecule has 0 atom stereocenters. The average molecular weight is 460 g/mol. The first-order valence-corrected chi connectivity index (χ1v) is 10.4. The van der Waals surface area contributed by atoms with E-state index >= 15 is 0 Å². The van der Waals surface area contributed by atoms with Crippen LogP contribution in [-0.2, 0) is 12.7 Å². The van der Waals surface area contributed by atoms with Gasteiger partial charge in [0, 0.05) is 23.4 Å². The Kier molecular flexibility index (Phi) is 5.84. The zero-order valence-corrected chi connectivity index (χ0v) is 18.0. The summed E-state index contributed by atoms with van der Waals surface area (Å²) >= 11 is 1.51. The lowest BCUT2D eigenvalue weighted by Gasteiger charge is -2.16. The summed E-state index contributed by atoms with van der Waals surface area (Å²) in [6, 6.07) is 14.2. The highest BCUT2D eigenvalue weighted by Crippen LogP contribution is 2.38. The first-order chi connectivity index (χ1) is 15.3. The number of alkyl halides is 3. The van der Waals surface area contributed by atoms with Gasteiger partial charge in [-0.15, -0.1) is 11.3 Å². The topological polar surface area (TPSA) is 63.6 Å². The summed E-state index contributed by atoms with van der Waals surface area (Å²) in [5.74, 6) is 0.830. The molecule has 1 heterocycles. The molecule has 0 unspecified atom stereocenters. The zero-order chi connectivity index (χ0) is 22.9. The maximum absolute atomic E-state index is 13.3. The summed E-state index contributed by atoms with van der Waals surface area (Å²) in [4.78, 5) is 4.65. The van der Waals surface area contributed by atoms with Crippen molar-refractivity contribution >= 4 is 27.2 Å². The highest BCUT2D eigenvalue weighted by molar-refractivity contribution is 7.21. The largest absolute Gasteiger partial charge is 0.508 e. The first kappa shape index (κ1) is 21.8. The van der Waals surface area contributed by atoms with Crippen LogP contribution in [0, 0.1) is 0 Å². The van der Waals surface area contributed by atoms with Gasteiger partial charge in [0.05, 0.1) is 30.0 Å². The predicted octanol–water partition coefficient (Wildman–Crippen LogP) is 6.32. The number of anilines is 1. The summed E-state index contributed by atoms with van der Waals surface area (Å²) in [5.41, 5.74) is 1.31. The van der Waals surface area contributed by atoms with E-state index in [9.17, 15) is 18.3 Å². The Morgan fingerprint density at radius 3 is 2.53 bits per heavy atom. The van der Waals surface area contributed by atoms with Crippen LogP contribution in [0.5, 0.6) is 17.2 Å². The second-order valence-corrected chi connectivity index (χ2v) is 7.99. The van der Waals surface area contributed by atoms with Crippen molar-refractivity contribution in [3.05, 3.63) is 65.7 Å². The van der Waals surface area contributed by atoms with Crippen LogP contribution in [0.15, 0.2) is 54.6 Å².